The van der Waals surface area contributed by atoms with Crippen LogP contribution >= 0.6 is 0 Å². The number of anilines is 1. The zero-order valence-electron chi connectivity index (χ0n) is 11.0. The van der Waals surface area contributed by atoms with Crippen LogP contribution in [0, 0.1) is 13.8 Å². The predicted octanol–water partition coefficient (Wildman–Crippen LogP) is 3.50. The van der Waals surface area contributed by atoms with Crippen molar-refractivity contribution in [1.82, 2.24) is 9.97 Å². The second-order valence-electron chi connectivity index (χ2n) is 4.84. The summed E-state index contributed by atoms with van der Waals surface area (Å²) in [5, 5.41) is 1.15. The molecule has 0 radical (unpaired) electrons. The predicted molar refractivity (Wildman–Crippen MR) is 78.9 cm³/mol. The van der Waals surface area contributed by atoms with E-state index in [2.05, 4.69) is 35.9 Å². The molecule has 0 saturated heterocycles. The van der Waals surface area contributed by atoms with E-state index in [4.69, 9.17) is 5.73 Å². The highest BCUT2D eigenvalue weighted by Crippen LogP contribution is 2.30. The van der Waals surface area contributed by atoms with Gasteiger partial charge in [0, 0.05) is 29.5 Å². The van der Waals surface area contributed by atoms with E-state index >= 15 is 0 Å². The molecule has 2 N–H and O–H groups in total. The molecule has 0 amide bonds. The van der Waals surface area contributed by atoms with Gasteiger partial charge in [-0.1, -0.05) is 11.6 Å². The van der Waals surface area contributed by atoms with E-state index in [9.17, 15) is 0 Å². The Morgan fingerprint density at radius 3 is 2.68 bits per heavy atom. The zero-order valence-corrected chi connectivity index (χ0v) is 11.0. The van der Waals surface area contributed by atoms with Gasteiger partial charge >= 0.3 is 0 Å². The molecule has 1 aromatic carbocycles. The number of nitrogens with zero attached hydrogens (tertiary/aromatic N) is 2. The van der Waals surface area contributed by atoms with Crippen molar-refractivity contribution in [3.05, 3.63) is 54.0 Å². The van der Waals surface area contributed by atoms with Crippen molar-refractivity contribution in [1.29, 1.82) is 0 Å². The first-order valence-corrected chi connectivity index (χ1v) is 6.22. The molecule has 0 fully saturated rings. The number of rotatable bonds is 1. The molecular weight excluding hydrogens is 234 g/mol. The maximum Gasteiger partial charge on any atom is 0.0737 e. The SMILES string of the molecule is Cc1cc(C)c2nccc(-c3cncc(N)c3)c2c1. The average Bonchev–Trinajstić information content (AvgIpc) is 2.38. The van der Waals surface area contributed by atoms with Gasteiger partial charge in [0.05, 0.1) is 11.2 Å². The Kier molecular flexibility index (Phi) is 2.67. The molecule has 94 valence electrons. The number of aryl methyl sites for hydroxylation is 2. The number of aromatic nitrogens is 2. The lowest BCUT2D eigenvalue weighted by Crippen LogP contribution is -1.91. The van der Waals surface area contributed by atoms with Crippen LogP contribution < -0.4 is 5.73 Å². The summed E-state index contributed by atoms with van der Waals surface area (Å²) in [5.41, 5.74) is 12.1. The van der Waals surface area contributed by atoms with Crippen LogP contribution in [-0.2, 0) is 0 Å². The van der Waals surface area contributed by atoms with Crippen molar-refractivity contribution in [3.63, 3.8) is 0 Å². The van der Waals surface area contributed by atoms with Gasteiger partial charge in [0.2, 0.25) is 0 Å². The molecule has 0 saturated carbocycles. The monoisotopic (exact) mass is 249 g/mol. The molecule has 0 bridgehead atoms. The van der Waals surface area contributed by atoms with Crippen LogP contribution in [0.25, 0.3) is 22.0 Å². The van der Waals surface area contributed by atoms with E-state index in [0.29, 0.717) is 5.69 Å². The molecule has 0 aliphatic rings. The first-order chi connectivity index (χ1) is 9.15. The van der Waals surface area contributed by atoms with Crippen molar-refractivity contribution >= 4 is 16.6 Å². The lowest BCUT2D eigenvalue weighted by atomic mass is 9.99. The Morgan fingerprint density at radius 1 is 1.05 bits per heavy atom. The van der Waals surface area contributed by atoms with Crippen LogP contribution in [-0.4, -0.2) is 9.97 Å². The van der Waals surface area contributed by atoms with Crippen LogP contribution in [0.5, 0.6) is 0 Å². The lowest BCUT2D eigenvalue weighted by Gasteiger charge is -2.09. The lowest BCUT2D eigenvalue weighted by molar-refractivity contribution is 1.32. The Morgan fingerprint density at radius 2 is 1.89 bits per heavy atom. The second-order valence-corrected chi connectivity index (χ2v) is 4.84. The molecule has 2 aromatic heterocycles. The summed E-state index contributed by atoms with van der Waals surface area (Å²) in [6.07, 6.45) is 5.33. The van der Waals surface area contributed by atoms with Gasteiger partial charge in [0.1, 0.15) is 0 Å². The molecule has 2 heterocycles. The first kappa shape index (κ1) is 11.7. The summed E-state index contributed by atoms with van der Waals surface area (Å²) in [6, 6.07) is 8.27. The van der Waals surface area contributed by atoms with Gasteiger partial charge in [-0.25, -0.2) is 0 Å². The largest absolute Gasteiger partial charge is 0.397 e. The number of benzene rings is 1. The van der Waals surface area contributed by atoms with Crippen LogP contribution in [0.1, 0.15) is 11.1 Å². The van der Waals surface area contributed by atoms with Crippen LogP contribution in [0.3, 0.4) is 0 Å². The summed E-state index contributed by atoms with van der Waals surface area (Å²) in [6.45, 7) is 4.19. The van der Waals surface area contributed by atoms with Crippen LogP contribution in [0.4, 0.5) is 5.69 Å². The van der Waals surface area contributed by atoms with Crippen molar-refractivity contribution in [2.75, 3.05) is 5.73 Å². The molecule has 0 aliphatic heterocycles. The van der Waals surface area contributed by atoms with Gasteiger partial charge < -0.3 is 5.73 Å². The molecule has 3 nitrogen and oxygen atoms in total. The van der Waals surface area contributed by atoms with Crippen LogP contribution in [0.15, 0.2) is 42.9 Å². The quantitative estimate of drug-likeness (QED) is 0.718. The van der Waals surface area contributed by atoms with Gasteiger partial charge in [0.25, 0.3) is 0 Å². The third kappa shape index (κ3) is 2.03. The third-order valence-corrected chi connectivity index (χ3v) is 3.25. The number of hydrogen-bond acceptors (Lipinski definition) is 3. The highest BCUT2D eigenvalue weighted by atomic mass is 14.7. The number of nitrogens with two attached hydrogens (primary N) is 1. The Bertz CT molecular complexity index is 763. The zero-order chi connectivity index (χ0) is 13.4. The Balaban J connectivity index is 2.36. The van der Waals surface area contributed by atoms with E-state index in [1.165, 1.54) is 11.1 Å². The molecule has 0 spiro atoms. The standard InChI is InChI=1S/C16H15N3/c1-10-5-11(2)16-15(6-10)14(3-4-19-16)12-7-13(17)9-18-8-12/h3-9H,17H2,1-2H3. The van der Waals surface area contributed by atoms with E-state index in [0.717, 1.165) is 22.0 Å². The highest BCUT2D eigenvalue weighted by molar-refractivity contribution is 5.96. The van der Waals surface area contributed by atoms with Gasteiger partial charge in [-0.2, -0.15) is 0 Å². The molecule has 0 atom stereocenters. The maximum atomic E-state index is 5.82. The maximum absolute atomic E-state index is 5.82. The fourth-order valence-electron chi connectivity index (χ4n) is 2.47. The summed E-state index contributed by atoms with van der Waals surface area (Å²) in [5.74, 6) is 0. The number of hydrogen-bond donors (Lipinski definition) is 1. The van der Waals surface area contributed by atoms with E-state index < -0.39 is 0 Å². The highest BCUT2D eigenvalue weighted by Gasteiger charge is 2.07. The topological polar surface area (TPSA) is 51.8 Å². The van der Waals surface area contributed by atoms with Crippen LogP contribution in [0.2, 0.25) is 0 Å². The third-order valence-electron chi connectivity index (χ3n) is 3.25. The van der Waals surface area contributed by atoms with Crippen molar-refractivity contribution in [2.24, 2.45) is 0 Å². The molecule has 3 heteroatoms. The van der Waals surface area contributed by atoms with Crippen molar-refractivity contribution in [3.8, 4) is 11.1 Å². The van der Waals surface area contributed by atoms with Crippen molar-refractivity contribution in [2.45, 2.75) is 13.8 Å². The second kappa shape index (κ2) is 4.35. The van der Waals surface area contributed by atoms with Crippen molar-refractivity contribution < 1.29 is 0 Å². The summed E-state index contributed by atoms with van der Waals surface area (Å²) >= 11 is 0. The smallest absolute Gasteiger partial charge is 0.0737 e. The Labute approximate surface area is 112 Å². The van der Waals surface area contributed by atoms with E-state index in [1.807, 2.05) is 24.5 Å². The molecule has 0 aliphatic carbocycles. The summed E-state index contributed by atoms with van der Waals surface area (Å²) in [7, 11) is 0. The summed E-state index contributed by atoms with van der Waals surface area (Å²) in [4.78, 5) is 8.65. The fourth-order valence-corrected chi connectivity index (χ4v) is 2.47. The van der Waals surface area contributed by atoms with E-state index in [1.54, 1.807) is 6.20 Å². The molecule has 3 aromatic rings. The minimum Gasteiger partial charge on any atom is -0.397 e. The minimum atomic E-state index is 0.673. The van der Waals surface area contributed by atoms with E-state index in [-0.39, 0.29) is 0 Å². The number of fused-ring (bicyclic) bond motifs is 1. The molecule has 3 rings (SSSR count). The molecule has 0 unspecified atom stereocenters. The molecule has 19 heavy (non-hydrogen) atoms. The van der Waals surface area contributed by atoms with Gasteiger partial charge in [-0.05, 0) is 43.2 Å². The fraction of sp³-hybridized carbons (Fsp3) is 0.125. The minimum absolute atomic E-state index is 0.673. The molecular formula is C16H15N3. The van der Waals surface area contributed by atoms with Gasteiger partial charge in [-0.3, -0.25) is 9.97 Å². The Hall–Kier alpha value is -2.42. The summed E-state index contributed by atoms with van der Waals surface area (Å²) < 4.78 is 0. The van der Waals surface area contributed by atoms with Gasteiger partial charge in [0.15, 0.2) is 0 Å². The number of nitrogen functional groups attached to an aromatic ring is 1. The average molecular weight is 249 g/mol. The number of pyridine rings is 2. The van der Waals surface area contributed by atoms with Gasteiger partial charge in [-0.15, -0.1) is 0 Å². The first-order valence-electron chi connectivity index (χ1n) is 6.22. The normalized spacial score (nSPS) is 10.8.